The highest BCUT2D eigenvalue weighted by Gasteiger charge is 2.25. The summed E-state index contributed by atoms with van der Waals surface area (Å²) in [5, 5.41) is 0. The molecule has 0 aromatic carbocycles. The number of hydrogen-bond donors (Lipinski definition) is 0. The fraction of sp³-hybridized carbons (Fsp3) is 0.727. The number of rotatable bonds is 2. The maximum atomic E-state index is 10.4. The van der Waals surface area contributed by atoms with Gasteiger partial charge in [-0.3, -0.25) is 0 Å². The van der Waals surface area contributed by atoms with E-state index in [1.807, 2.05) is 0 Å². The Bertz CT molecular complexity index is 211. The lowest BCUT2D eigenvalue weighted by molar-refractivity contribution is -0.107. The van der Waals surface area contributed by atoms with Crippen LogP contribution in [0.15, 0.2) is 11.1 Å². The lowest BCUT2D eigenvalue weighted by Crippen LogP contribution is -2.19. The second-order valence-electron chi connectivity index (χ2n) is 4.34. The van der Waals surface area contributed by atoms with E-state index in [4.69, 9.17) is 0 Å². The van der Waals surface area contributed by atoms with Crippen LogP contribution in [0, 0.1) is 5.41 Å². The molecule has 1 rings (SSSR count). The van der Waals surface area contributed by atoms with Crippen molar-refractivity contribution in [1.29, 1.82) is 0 Å². The molecule has 0 aliphatic heterocycles. The molecule has 0 heterocycles. The van der Waals surface area contributed by atoms with E-state index in [9.17, 15) is 4.79 Å². The van der Waals surface area contributed by atoms with E-state index in [0.29, 0.717) is 11.8 Å². The highest BCUT2D eigenvalue weighted by atomic mass is 16.1. The van der Waals surface area contributed by atoms with Crippen molar-refractivity contribution in [3.8, 4) is 0 Å². The molecule has 1 nitrogen and oxygen atoms in total. The molecule has 0 spiro atoms. The topological polar surface area (TPSA) is 17.1 Å². The minimum absolute atomic E-state index is 0.330. The van der Waals surface area contributed by atoms with Gasteiger partial charge in [0.1, 0.15) is 6.29 Å². The van der Waals surface area contributed by atoms with Gasteiger partial charge in [-0.1, -0.05) is 25.0 Å². The Morgan fingerprint density at radius 1 is 1.50 bits per heavy atom. The second-order valence-corrected chi connectivity index (χ2v) is 4.34. The first-order valence-corrected chi connectivity index (χ1v) is 4.70. The van der Waals surface area contributed by atoms with Crippen molar-refractivity contribution in [2.24, 2.45) is 5.41 Å². The average molecular weight is 166 g/mol. The Kier molecular flexibility index (Phi) is 2.71. The molecule has 0 fully saturated rings. The van der Waals surface area contributed by atoms with Crippen molar-refractivity contribution in [3.63, 3.8) is 0 Å². The Morgan fingerprint density at radius 3 is 2.75 bits per heavy atom. The molecule has 0 amide bonds. The van der Waals surface area contributed by atoms with Crippen LogP contribution in [0.4, 0.5) is 0 Å². The summed E-state index contributed by atoms with van der Waals surface area (Å²) >= 11 is 0. The third-order valence-electron chi connectivity index (χ3n) is 3.16. The van der Waals surface area contributed by atoms with Crippen LogP contribution >= 0.6 is 0 Å². The van der Waals surface area contributed by atoms with Gasteiger partial charge in [0.2, 0.25) is 0 Å². The third-order valence-corrected chi connectivity index (χ3v) is 3.16. The third kappa shape index (κ3) is 1.77. The van der Waals surface area contributed by atoms with Crippen molar-refractivity contribution in [2.75, 3.05) is 0 Å². The van der Waals surface area contributed by atoms with Crippen LogP contribution in [0.2, 0.25) is 0 Å². The molecule has 1 heteroatoms. The van der Waals surface area contributed by atoms with Crippen LogP contribution in [0.25, 0.3) is 0 Å². The van der Waals surface area contributed by atoms with Crippen LogP contribution in [-0.4, -0.2) is 6.29 Å². The van der Waals surface area contributed by atoms with Crippen LogP contribution in [0.3, 0.4) is 0 Å². The summed E-state index contributed by atoms with van der Waals surface area (Å²) in [7, 11) is 0. The van der Waals surface area contributed by atoms with Gasteiger partial charge in [0.25, 0.3) is 0 Å². The van der Waals surface area contributed by atoms with Crippen molar-refractivity contribution >= 4 is 6.29 Å². The SMILES string of the molecule is CC1=C(CC=O)CCCC1(C)C. The van der Waals surface area contributed by atoms with Crippen molar-refractivity contribution in [3.05, 3.63) is 11.1 Å². The number of carbonyl (C=O) groups excluding carboxylic acids is 1. The van der Waals surface area contributed by atoms with Crippen molar-refractivity contribution < 1.29 is 4.79 Å². The number of allylic oxidation sites excluding steroid dienone is 2. The fourth-order valence-electron chi connectivity index (χ4n) is 1.95. The number of carbonyl (C=O) groups is 1. The van der Waals surface area contributed by atoms with E-state index >= 15 is 0 Å². The highest BCUT2D eigenvalue weighted by molar-refractivity contribution is 5.55. The summed E-state index contributed by atoms with van der Waals surface area (Å²) in [6, 6.07) is 0. The number of hydrogen-bond acceptors (Lipinski definition) is 1. The quantitative estimate of drug-likeness (QED) is 0.455. The first-order valence-electron chi connectivity index (χ1n) is 4.70. The summed E-state index contributed by atoms with van der Waals surface area (Å²) in [4.78, 5) is 10.4. The van der Waals surface area contributed by atoms with Crippen LogP contribution < -0.4 is 0 Å². The smallest absolute Gasteiger partial charge is 0.124 e. The summed E-state index contributed by atoms with van der Waals surface area (Å²) in [5.74, 6) is 0. The fourth-order valence-corrected chi connectivity index (χ4v) is 1.95. The summed E-state index contributed by atoms with van der Waals surface area (Å²) in [5.41, 5.74) is 3.15. The van der Waals surface area contributed by atoms with Crippen molar-refractivity contribution in [1.82, 2.24) is 0 Å². The first-order chi connectivity index (χ1) is 5.58. The molecule has 0 saturated carbocycles. The van der Waals surface area contributed by atoms with Crippen LogP contribution in [0.1, 0.15) is 46.5 Å². The maximum absolute atomic E-state index is 10.4. The van der Waals surface area contributed by atoms with Gasteiger partial charge in [-0.2, -0.15) is 0 Å². The standard InChI is InChI=1S/C11H18O/c1-9-10(6-8-12)5-4-7-11(9,2)3/h8H,4-7H2,1-3H3. The van der Waals surface area contributed by atoms with Crippen LogP contribution in [-0.2, 0) is 4.79 Å². The minimum Gasteiger partial charge on any atom is -0.303 e. The Morgan fingerprint density at radius 2 is 2.17 bits per heavy atom. The van der Waals surface area contributed by atoms with Gasteiger partial charge in [0.05, 0.1) is 0 Å². The van der Waals surface area contributed by atoms with Gasteiger partial charge in [-0.15, -0.1) is 0 Å². The molecule has 1 aliphatic rings. The molecule has 1 aliphatic carbocycles. The molecule has 0 atom stereocenters. The maximum Gasteiger partial charge on any atom is 0.124 e. The largest absolute Gasteiger partial charge is 0.303 e. The lowest BCUT2D eigenvalue weighted by atomic mass is 9.73. The average Bonchev–Trinajstić information content (AvgIpc) is 1.99. The molecule has 0 radical (unpaired) electrons. The predicted octanol–water partition coefficient (Wildman–Crippen LogP) is 3.10. The zero-order valence-corrected chi connectivity index (χ0v) is 8.31. The van der Waals surface area contributed by atoms with Gasteiger partial charge >= 0.3 is 0 Å². The monoisotopic (exact) mass is 166 g/mol. The minimum atomic E-state index is 0.330. The molecule has 0 aromatic rings. The van der Waals surface area contributed by atoms with E-state index in [2.05, 4.69) is 20.8 Å². The van der Waals surface area contributed by atoms with Gasteiger partial charge in [0.15, 0.2) is 0 Å². The summed E-state index contributed by atoms with van der Waals surface area (Å²) in [6.07, 6.45) is 5.32. The molecule has 68 valence electrons. The van der Waals surface area contributed by atoms with Crippen molar-refractivity contribution in [2.45, 2.75) is 46.5 Å². The molecule has 12 heavy (non-hydrogen) atoms. The van der Waals surface area contributed by atoms with Gasteiger partial charge < -0.3 is 4.79 Å². The molecule has 0 aromatic heterocycles. The van der Waals surface area contributed by atoms with E-state index < -0.39 is 0 Å². The summed E-state index contributed by atoms with van der Waals surface area (Å²) in [6.45, 7) is 6.72. The Labute approximate surface area is 74.9 Å². The van der Waals surface area contributed by atoms with E-state index in [0.717, 1.165) is 12.7 Å². The first kappa shape index (κ1) is 9.50. The lowest BCUT2D eigenvalue weighted by Gasteiger charge is -2.33. The Hall–Kier alpha value is -0.590. The van der Waals surface area contributed by atoms with E-state index in [1.165, 1.54) is 24.0 Å². The highest BCUT2D eigenvalue weighted by Crippen LogP contribution is 2.40. The Balaban J connectivity index is 2.87. The van der Waals surface area contributed by atoms with E-state index in [1.54, 1.807) is 0 Å². The zero-order chi connectivity index (χ0) is 9.19. The molecule has 0 saturated heterocycles. The van der Waals surface area contributed by atoms with Crippen LogP contribution in [0.5, 0.6) is 0 Å². The molecule has 0 N–H and O–H groups in total. The van der Waals surface area contributed by atoms with Gasteiger partial charge in [-0.05, 0) is 31.6 Å². The second kappa shape index (κ2) is 3.42. The van der Waals surface area contributed by atoms with Gasteiger partial charge in [-0.25, -0.2) is 0 Å². The predicted molar refractivity (Wildman–Crippen MR) is 51.0 cm³/mol. The van der Waals surface area contributed by atoms with Gasteiger partial charge in [0, 0.05) is 6.42 Å². The molecule has 0 bridgehead atoms. The zero-order valence-electron chi connectivity index (χ0n) is 8.31. The summed E-state index contributed by atoms with van der Waals surface area (Å²) < 4.78 is 0. The molecular formula is C11H18O. The van der Waals surface area contributed by atoms with E-state index in [-0.39, 0.29) is 0 Å². The number of aldehydes is 1. The molecule has 0 unspecified atom stereocenters. The normalized spacial score (nSPS) is 22.6. The molecular weight excluding hydrogens is 148 g/mol.